The summed E-state index contributed by atoms with van der Waals surface area (Å²) in [6.45, 7) is 3.40. The van der Waals surface area contributed by atoms with Crippen LogP contribution in [0, 0.1) is 6.92 Å². The number of aryl methyl sites for hydroxylation is 1. The monoisotopic (exact) mass is 337 g/mol. The van der Waals surface area contributed by atoms with Crippen LogP contribution in [-0.4, -0.2) is 53.2 Å². The van der Waals surface area contributed by atoms with Crippen LogP contribution in [0.15, 0.2) is 28.1 Å². The first-order valence-corrected chi connectivity index (χ1v) is 8.50. The van der Waals surface area contributed by atoms with Crippen LogP contribution in [0.2, 0.25) is 0 Å². The van der Waals surface area contributed by atoms with Gasteiger partial charge in [-0.1, -0.05) is 11.2 Å². The molecule has 7 heteroatoms. The van der Waals surface area contributed by atoms with E-state index < -0.39 is 6.17 Å². The number of carbonyl (C=O) groups excluding carboxylic acids is 1. The van der Waals surface area contributed by atoms with E-state index in [0.29, 0.717) is 25.2 Å². The second-order valence-electron chi connectivity index (χ2n) is 6.01. The Morgan fingerprint density at radius 3 is 3.09 bits per heavy atom. The molecule has 0 unspecified atom stereocenters. The number of amides is 1. The fourth-order valence-electron chi connectivity index (χ4n) is 2.96. The van der Waals surface area contributed by atoms with Crippen molar-refractivity contribution in [2.45, 2.75) is 32.1 Å². The van der Waals surface area contributed by atoms with Gasteiger partial charge in [0, 0.05) is 43.7 Å². The molecule has 0 saturated carbocycles. The second-order valence-corrected chi connectivity index (χ2v) is 7.05. The number of hydrogen-bond donors (Lipinski definition) is 0. The average molecular weight is 337 g/mol. The first-order valence-electron chi connectivity index (χ1n) is 7.62. The summed E-state index contributed by atoms with van der Waals surface area (Å²) in [7, 11) is 1.72. The molecule has 5 nitrogen and oxygen atoms in total. The van der Waals surface area contributed by atoms with Gasteiger partial charge < -0.3 is 9.42 Å². The van der Waals surface area contributed by atoms with Gasteiger partial charge in [-0.05, 0) is 24.8 Å². The first kappa shape index (κ1) is 16.1. The van der Waals surface area contributed by atoms with Gasteiger partial charge in [0.15, 0.2) is 0 Å². The van der Waals surface area contributed by atoms with Crippen molar-refractivity contribution in [3.05, 3.63) is 39.9 Å². The number of likely N-dealkylation sites (N-methyl/N-ethyl adjacent to an activating group) is 1. The molecule has 2 aromatic rings. The van der Waals surface area contributed by atoms with Crippen LogP contribution in [0.5, 0.6) is 0 Å². The molecule has 1 fully saturated rings. The van der Waals surface area contributed by atoms with Gasteiger partial charge in [-0.3, -0.25) is 9.69 Å². The van der Waals surface area contributed by atoms with E-state index in [2.05, 4.69) is 16.1 Å². The van der Waals surface area contributed by atoms with Crippen molar-refractivity contribution in [3.8, 4) is 0 Å². The third-order valence-electron chi connectivity index (χ3n) is 4.09. The molecule has 124 valence electrons. The minimum absolute atomic E-state index is 0.0186. The zero-order chi connectivity index (χ0) is 16.4. The lowest BCUT2D eigenvalue weighted by atomic mass is 10.2. The molecular weight excluding hydrogens is 317 g/mol. The third kappa shape index (κ3) is 3.79. The first-order chi connectivity index (χ1) is 11.0. The number of likely N-dealkylation sites (tertiary alicyclic amines) is 1. The molecule has 2 atom stereocenters. The van der Waals surface area contributed by atoms with Gasteiger partial charge in [0.25, 0.3) is 5.91 Å². The summed E-state index contributed by atoms with van der Waals surface area (Å²) in [4.78, 5) is 17.2. The molecule has 3 rings (SSSR count). The van der Waals surface area contributed by atoms with Gasteiger partial charge in [0.2, 0.25) is 5.76 Å². The molecule has 3 heterocycles. The fraction of sp³-hybridized carbons (Fsp3) is 0.500. The normalized spacial score (nSPS) is 21.7. The molecule has 1 aliphatic heterocycles. The lowest BCUT2D eigenvalue weighted by Crippen LogP contribution is -2.40. The van der Waals surface area contributed by atoms with E-state index in [4.69, 9.17) is 4.52 Å². The fourth-order valence-corrected chi connectivity index (χ4v) is 3.69. The van der Waals surface area contributed by atoms with Crippen LogP contribution in [0.3, 0.4) is 0 Å². The van der Waals surface area contributed by atoms with Crippen LogP contribution in [-0.2, 0) is 6.54 Å². The quantitative estimate of drug-likeness (QED) is 0.842. The van der Waals surface area contributed by atoms with Gasteiger partial charge in [-0.15, -0.1) is 11.3 Å². The maximum Gasteiger partial charge on any atom is 0.292 e. The number of nitrogens with zero attached hydrogens (tertiary/aromatic N) is 3. The molecule has 1 saturated heterocycles. The van der Waals surface area contributed by atoms with Crippen LogP contribution in [0.25, 0.3) is 0 Å². The summed E-state index contributed by atoms with van der Waals surface area (Å²) in [6.07, 6.45) is -0.380. The smallest absolute Gasteiger partial charge is 0.292 e. The Hall–Kier alpha value is -1.73. The maximum atomic E-state index is 13.9. The Morgan fingerprint density at radius 2 is 2.43 bits per heavy atom. The second kappa shape index (κ2) is 6.80. The molecule has 23 heavy (non-hydrogen) atoms. The lowest BCUT2D eigenvalue weighted by molar-refractivity contribution is 0.0709. The van der Waals surface area contributed by atoms with E-state index in [1.54, 1.807) is 36.3 Å². The standard InChI is InChI=1S/C16H20FN3O2S/c1-11-6-15(22-18-11)16(21)19(2)9-13-7-12(17)8-20(13)10-14-4-3-5-23-14/h3-6,12-13H,7-10H2,1-2H3/t12-,13-/m0/s1. The largest absolute Gasteiger partial charge is 0.351 e. The number of carbonyl (C=O) groups is 1. The number of thiophene rings is 1. The molecular formula is C16H20FN3O2S. The van der Waals surface area contributed by atoms with E-state index in [9.17, 15) is 9.18 Å². The molecule has 0 spiro atoms. The summed E-state index contributed by atoms with van der Waals surface area (Å²) < 4.78 is 18.9. The molecule has 1 aliphatic rings. The third-order valence-corrected chi connectivity index (χ3v) is 4.95. The number of alkyl halides is 1. The summed E-state index contributed by atoms with van der Waals surface area (Å²) in [5.41, 5.74) is 0.672. The van der Waals surface area contributed by atoms with Crippen LogP contribution >= 0.6 is 11.3 Å². The highest BCUT2D eigenvalue weighted by Gasteiger charge is 2.34. The van der Waals surface area contributed by atoms with E-state index in [1.165, 1.54) is 4.88 Å². The highest BCUT2D eigenvalue weighted by atomic mass is 32.1. The van der Waals surface area contributed by atoms with Crippen molar-refractivity contribution >= 4 is 17.2 Å². The van der Waals surface area contributed by atoms with Crippen molar-refractivity contribution in [1.82, 2.24) is 15.0 Å². The minimum Gasteiger partial charge on any atom is -0.351 e. The summed E-state index contributed by atoms with van der Waals surface area (Å²) in [6, 6.07) is 5.69. The Morgan fingerprint density at radius 1 is 1.61 bits per heavy atom. The maximum absolute atomic E-state index is 13.9. The van der Waals surface area contributed by atoms with Crippen molar-refractivity contribution in [3.63, 3.8) is 0 Å². The summed E-state index contributed by atoms with van der Waals surface area (Å²) in [5, 5.41) is 5.76. The highest BCUT2D eigenvalue weighted by Crippen LogP contribution is 2.25. The molecule has 0 radical (unpaired) electrons. The Labute approximate surface area is 138 Å². The zero-order valence-electron chi connectivity index (χ0n) is 13.2. The Balaban J connectivity index is 1.63. The topological polar surface area (TPSA) is 49.6 Å². The Kier molecular flexibility index (Phi) is 4.77. The molecule has 2 aromatic heterocycles. The van der Waals surface area contributed by atoms with Crippen molar-refractivity contribution in [2.24, 2.45) is 0 Å². The minimum atomic E-state index is -0.837. The van der Waals surface area contributed by atoms with Gasteiger partial charge >= 0.3 is 0 Å². The van der Waals surface area contributed by atoms with Crippen LogP contribution in [0.4, 0.5) is 4.39 Å². The molecule has 0 N–H and O–H groups in total. The van der Waals surface area contributed by atoms with Gasteiger partial charge in [0.1, 0.15) is 6.17 Å². The molecule has 0 aliphatic carbocycles. The van der Waals surface area contributed by atoms with Crippen LogP contribution < -0.4 is 0 Å². The van der Waals surface area contributed by atoms with Crippen molar-refractivity contribution in [1.29, 1.82) is 0 Å². The average Bonchev–Trinajstić information content (AvgIpc) is 3.22. The molecule has 0 bridgehead atoms. The van der Waals surface area contributed by atoms with Crippen LogP contribution in [0.1, 0.15) is 27.5 Å². The van der Waals surface area contributed by atoms with E-state index in [0.717, 1.165) is 6.54 Å². The SMILES string of the molecule is Cc1cc(C(=O)N(C)C[C@@H]2C[C@H](F)CN2Cc2cccs2)on1. The van der Waals surface area contributed by atoms with Crippen molar-refractivity contribution in [2.75, 3.05) is 20.1 Å². The van der Waals surface area contributed by atoms with Crippen molar-refractivity contribution < 1.29 is 13.7 Å². The van der Waals surface area contributed by atoms with Gasteiger partial charge in [-0.25, -0.2) is 4.39 Å². The van der Waals surface area contributed by atoms with E-state index >= 15 is 0 Å². The van der Waals surface area contributed by atoms with E-state index in [1.807, 2.05) is 11.4 Å². The number of hydrogen-bond acceptors (Lipinski definition) is 5. The predicted molar refractivity (Wildman–Crippen MR) is 86.2 cm³/mol. The zero-order valence-corrected chi connectivity index (χ0v) is 14.1. The summed E-state index contributed by atoms with van der Waals surface area (Å²) in [5.74, 6) is 0.00795. The number of halogens is 1. The van der Waals surface area contributed by atoms with Gasteiger partial charge in [-0.2, -0.15) is 0 Å². The lowest BCUT2D eigenvalue weighted by Gasteiger charge is -2.27. The number of rotatable bonds is 5. The molecule has 0 aromatic carbocycles. The Bertz CT molecular complexity index is 658. The summed E-state index contributed by atoms with van der Waals surface area (Å²) >= 11 is 1.67. The highest BCUT2D eigenvalue weighted by molar-refractivity contribution is 7.09. The predicted octanol–water partition coefficient (Wildman–Crippen LogP) is 2.73. The molecule has 1 amide bonds. The number of aromatic nitrogens is 1. The van der Waals surface area contributed by atoms with Gasteiger partial charge in [0.05, 0.1) is 5.69 Å². The van der Waals surface area contributed by atoms with E-state index in [-0.39, 0.29) is 17.7 Å².